The number of hydrogen-bond donors (Lipinski definition) is 0. The van der Waals surface area contributed by atoms with Crippen LogP contribution >= 0.6 is 0 Å². The lowest BCUT2D eigenvalue weighted by atomic mass is 9.97. The Morgan fingerprint density at radius 1 is 1.06 bits per heavy atom. The van der Waals surface area contributed by atoms with Gasteiger partial charge in [-0.3, -0.25) is 24.3 Å². The number of carbonyl (C=O) groups is 1. The molecule has 1 aromatic heterocycles. The molecule has 7 heteroatoms. The first-order valence-electron chi connectivity index (χ1n) is 9.70. The van der Waals surface area contributed by atoms with Gasteiger partial charge in [0.15, 0.2) is 5.78 Å². The maximum absolute atomic E-state index is 13.0. The van der Waals surface area contributed by atoms with Crippen LogP contribution in [0.5, 0.6) is 0 Å². The van der Waals surface area contributed by atoms with Crippen LogP contribution in [-0.4, -0.2) is 20.3 Å². The Bertz CT molecular complexity index is 1390. The number of non-ortho nitro benzene ring substituents is 1. The molecule has 3 aromatic carbocycles. The van der Waals surface area contributed by atoms with Crippen molar-refractivity contribution < 1.29 is 9.72 Å². The van der Waals surface area contributed by atoms with Crippen LogP contribution in [0.25, 0.3) is 22.0 Å². The number of benzene rings is 3. The lowest BCUT2D eigenvalue weighted by Gasteiger charge is -2.12. The van der Waals surface area contributed by atoms with E-state index in [4.69, 9.17) is 0 Å². The highest BCUT2D eigenvalue weighted by molar-refractivity contribution is 6.00. The Morgan fingerprint density at radius 3 is 2.45 bits per heavy atom. The molecule has 0 amide bonds. The van der Waals surface area contributed by atoms with Gasteiger partial charge < -0.3 is 0 Å². The Labute approximate surface area is 177 Å². The molecule has 0 saturated heterocycles. The van der Waals surface area contributed by atoms with E-state index >= 15 is 0 Å². The van der Waals surface area contributed by atoms with E-state index in [9.17, 15) is 19.7 Å². The van der Waals surface area contributed by atoms with Gasteiger partial charge in [0.05, 0.1) is 22.4 Å². The highest BCUT2D eigenvalue weighted by Crippen LogP contribution is 2.25. The summed E-state index contributed by atoms with van der Waals surface area (Å²) in [6, 6.07) is 19.2. The second kappa shape index (κ2) is 7.95. The maximum Gasteiger partial charge on any atom is 0.270 e. The standard InChI is InChI=1S/C24H19N3O4/c1-15(28)20-5-3-4-6-21(20)18-9-7-17(8-10-18)14-26-16(2)25-23-12-11-19(27(30)31)13-22(23)24(26)29/h3-13H,14H2,1-2H3. The van der Waals surface area contributed by atoms with Crippen molar-refractivity contribution in [3.63, 3.8) is 0 Å². The van der Waals surface area contributed by atoms with Crippen molar-refractivity contribution in [1.29, 1.82) is 0 Å². The predicted octanol–water partition coefficient (Wildman–Crippen LogP) is 4.53. The molecule has 0 aliphatic rings. The summed E-state index contributed by atoms with van der Waals surface area (Å²) in [4.78, 5) is 39.9. The molecule has 0 aliphatic heterocycles. The Hall–Kier alpha value is -4.13. The number of rotatable bonds is 5. The van der Waals surface area contributed by atoms with E-state index < -0.39 is 4.92 Å². The summed E-state index contributed by atoms with van der Waals surface area (Å²) in [6.07, 6.45) is 0. The highest BCUT2D eigenvalue weighted by Gasteiger charge is 2.14. The minimum Gasteiger partial charge on any atom is -0.294 e. The highest BCUT2D eigenvalue weighted by atomic mass is 16.6. The zero-order valence-corrected chi connectivity index (χ0v) is 17.0. The average Bonchev–Trinajstić information content (AvgIpc) is 2.76. The largest absolute Gasteiger partial charge is 0.294 e. The lowest BCUT2D eigenvalue weighted by molar-refractivity contribution is -0.384. The third-order valence-corrected chi connectivity index (χ3v) is 5.25. The van der Waals surface area contributed by atoms with E-state index in [-0.39, 0.29) is 29.0 Å². The second-order valence-electron chi connectivity index (χ2n) is 7.31. The van der Waals surface area contributed by atoms with Crippen LogP contribution in [0.3, 0.4) is 0 Å². The number of hydrogen-bond acceptors (Lipinski definition) is 5. The number of ketones is 1. The molecular formula is C24H19N3O4. The van der Waals surface area contributed by atoms with E-state index in [0.717, 1.165) is 16.7 Å². The minimum absolute atomic E-state index is 0.00168. The van der Waals surface area contributed by atoms with Gasteiger partial charge in [0.1, 0.15) is 5.82 Å². The summed E-state index contributed by atoms with van der Waals surface area (Å²) in [5.41, 5.74) is 3.26. The van der Waals surface area contributed by atoms with Gasteiger partial charge in [-0.25, -0.2) is 4.98 Å². The van der Waals surface area contributed by atoms with Gasteiger partial charge in [-0.15, -0.1) is 0 Å². The zero-order valence-electron chi connectivity index (χ0n) is 17.0. The van der Waals surface area contributed by atoms with Crippen LogP contribution in [0.2, 0.25) is 0 Å². The number of nitrogens with zero attached hydrogens (tertiary/aromatic N) is 3. The van der Waals surface area contributed by atoms with Crippen molar-refractivity contribution in [2.75, 3.05) is 0 Å². The summed E-state index contributed by atoms with van der Waals surface area (Å²) in [5.74, 6) is 0.524. The lowest BCUT2D eigenvalue weighted by Crippen LogP contribution is -2.24. The first-order valence-corrected chi connectivity index (χ1v) is 9.70. The molecule has 4 rings (SSSR count). The molecule has 7 nitrogen and oxygen atoms in total. The van der Waals surface area contributed by atoms with Crippen molar-refractivity contribution in [1.82, 2.24) is 9.55 Å². The molecule has 0 radical (unpaired) electrons. The number of nitro benzene ring substituents is 1. The fourth-order valence-electron chi connectivity index (χ4n) is 3.63. The molecule has 0 bridgehead atoms. The molecule has 0 unspecified atom stereocenters. The Kier molecular flexibility index (Phi) is 5.17. The fourth-order valence-corrected chi connectivity index (χ4v) is 3.63. The minimum atomic E-state index is -0.527. The van der Waals surface area contributed by atoms with Crippen LogP contribution in [0.15, 0.2) is 71.5 Å². The Morgan fingerprint density at radius 2 is 1.77 bits per heavy atom. The van der Waals surface area contributed by atoms with Crippen LogP contribution in [0, 0.1) is 17.0 Å². The van der Waals surface area contributed by atoms with E-state index in [1.54, 1.807) is 19.9 Å². The maximum atomic E-state index is 13.0. The first kappa shape index (κ1) is 20.2. The number of aryl methyl sites for hydroxylation is 1. The fraction of sp³-hybridized carbons (Fsp3) is 0.125. The third kappa shape index (κ3) is 3.85. The molecule has 154 valence electrons. The van der Waals surface area contributed by atoms with Crippen LogP contribution < -0.4 is 5.56 Å². The van der Waals surface area contributed by atoms with Gasteiger partial charge >= 0.3 is 0 Å². The topological polar surface area (TPSA) is 95.1 Å². The van der Waals surface area contributed by atoms with E-state index in [1.807, 2.05) is 42.5 Å². The number of Topliss-reactive ketones (excluding diaryl/α,β-unsaturated/α-hetero) is 1. The molecule has 0 atom stereocenters. The van der Waals surface area contributed by atoms with Crippen LogP contribution in [-0.2, 0) is 6.54 Å². The van der Waals surface area contributed by atoms with E-state index in [0.29, 0.717) is 16.9 Å². The smallest absolute Gasteiger partial charge is 0.270 e. The molecule has 0 fully saturated rings. The van der Waals surface area contributed by atoms with Crippen LogP contribution in [0.1, 0.15) is 28.7 Å². The van der Waals surface area contributed by atoms with Crippen molar-refractivity contribution >= 4 is 22.4 Å². The summed E-state index contributed by atoms with van der Waals surface area (Å²) >= 11 is 0. The number of nitro groups is 1. The monoisotopic (exact) mass is 413 g/mol. The van der Waals surface area contributed by atoms with Gasteiger partial charge in [0.25, 0.3) is 11.2 Å². The van der Waals surface area contributed by atoms with Crippen molar-refractivity contribution in [2.45, 2.75) is 20.4 Å². The summed E-state index contributed by atoms with van der Waals surface area (Å²) < 4.78 is 1.50. The first-order chi connectivity index (χ1) is 14.8. The normalized spacial score (nSPS) is 10.9. The summed E-state index contributed by atoms with van der Waals surface area (Å²) in [6.45, 7) is 3.56. The molecule has 0 spiro atoms. The SMILES string of the molecule is CC(=O)c1ccccc1-c1ccc(Cn2c(C)nc3ccc([N+](=O)[O-])cc3c2=O)cc1. The molecule has 0 saturated carbocycles. The van der Waals surface area contributed by atoms with E-state index in [1.165, 1.54) is 22.8 Å². The quantitative estimate of drug-likeness (QED) is 0.272. The molecule has 0 N–H and O–H groups in total. The Balaban J connectivity index is 1.71. The molecule has 31 heavy (non-hydrogen) atoms. The van der Waals surface area contributed by atoms with Gasteiger partial charge in [0.2, 0.25) is 0 Å². The predicted molar refractivity (Wildman–Crippen MR) is 118 cm³/mol. The molecule has 1 heterocycles. The van der Waals surface area contributed by atoms with Gasteiger partial charge in [-0.1, -0.05) is 48.5 Å². The molecular weight excluding hydrogens is 394 g/mol. The van der Waals surface area contributed by atoms with Gasteiger partial charge in [0, 0.05) is 17.7 Å². The van der Waals surface area contributed by atoms with Gasteiger partial charge in [-0.05, 0) is 36.6 Å². The van der Waals surface area contributed by atoms with Crippen molar-refractivity contribution in [3.8, 4) is 11.1 Å². The molecule has 4 aromatic rings. The number of fused-ring (bicyclic) bond motifs is 1. The van der Waals surface area contributed by atoms with Gasteiger partial charge in [-0.2, -0.15) is 0 Å². The zero-order chi connectivity index (χ0) is 22.1. The van der Waals surface area contributed by atoms with Crippen molar-refractivity contribution in [3.05, 3.63) is 104 Å². The van der Waals surface area contributed by atoms with Crippen LogP contribution in [0.4, 0.5) is 5.69 Å². The average molecular weight is 413 g/mol. The number of carbonyl (C=O) groups excluding carboxylic acids is 1. The summed E-state index contributed by atoms with van der Waals surface area (Å²) in [5, 5.41) is 11.3. The second-order valence-corrected chi connectivity index (χ2v) is 7.31. The molecule has 0 aliphatic carbocycles. The third-order valence-electron chi connectivity index (χ3n) is 5.25. The summed E-state index contributed by atoms with van der Waals surface area (Å²) in [7, 11) is 0. The van der Waals surface area contributed by atoms with E-state index in [2.05, 4.69) is 4.98 Å². The van der Waals surface area contributed by atoms with Crippen molar-refractivity contribution in [2.24, 2.45) is 0 Å². The number of aromatic nitrogens is 2.